The third kappa shape index (κ3) is 3.40. The Morgan fingerprint density at radius 3 is 2.61 bits per heavy atom. The molecular weight excluding hydrogens is 378 g/mol. The standard InChI is InChI=1S/C18H27N5O4Si/c1-18(2,3)28(4,5)26-8-11-13(24)14(25)17(27-11)23-7-10(6-19)12-15(20)21-9-22-16(12)23/h7,9,11,13-14,17,24-25H,8H2,1-5H3,(H2,20,21,22)/t11-,13-,14+,17-/m1/s1. The van der Waals surface area contributed by atoms with Crippen LogP contribution in [0.1, 0.15) is 32.6 Å². The first-order chi connectivity index (χ1) is 13.0. The molecule has 1 aliphatic rings. The minimum atomic E-state index is -2.04. The number of rotatable bonds is 4. The van der Waals surface area contributed by atoms with Gasteiger partial charge in [0.15, 0.2) is 14.5 Å². The van der Waals surface area contributed by atoms with E-state index in [1.807, 2.05) is 0 Å². The van der Waals surface area contributed by atoms with Crippen molar-refractivity contribution in [2.24, 2.45) is 0 Å². The number of aliphatic hydroxyl groups is 2. The van der Waals surface area contributed by atoms with Gasteiger partial charge in [0.1, 0.15) is 42.2 Å². The van der Waals surface area contributed by atoms with Gasteiger partial charge in [-0.3, -0.25) is 0 Å². The van der Waals surface area contributed by atoms with Crippen molar-refractivity contribution in [2.75, 3.05) is 12.3 Å². The summed E-state index contributed by atoms with van der Waals surface area (Å²) >= 11 is 0. The summed E-state index contributed by atoms with van der Waals surface area (Å²) < 4.78 is 13.6. The van der Waals surface area contributed by atoms with Gasteiger partial charge in [-0.25, -0.2) is 9.97 Å². The van der Waals surface area contributed by atoms with Gasteiger partial charge in [-0.1, -0.05) is 20.8 Å². The van der Waals surface area contributed by atoms with Crippen LogP contribution in [0.25, 0.3) is 11.0 Å². The smallest absolute Gasteiger partial charge is 0.192 e. The zero-order valence-electron chi connectivity index (χ0n) is 16.7. The largest absolute Gasteiger partial charge is 0.414 e. The molecule has 2 aromatic rings. The molecule has 0 amide bonds. The van der Waals surface area contributed by atoms with Crippen LogP contribution >= 0.6 is 0 Å². The number of hydrogen-bond acceptors (Lipinski definition) is 8. The van der Waals surface area contributed by atoms with E-state index in [1.165, 1.54) is 17.1 Å². The van der Waals surface area contributed by atoms with Crippen molar-refractivity contribution in [1.82, 2.24) is 14.5 Å². The van der Waals surface area contributed by atoms with Crippen LogP contribution in [0.4, 0.5) is 5.82 Å². The van der Waals surface area contributed by atoms with Gasteiger partial charge in [0.05, 0.1) is 17.6 Å². The molecule has 1 aliphatic heterocycles. The van der Waals surface area contributed by atoms with Crippen molar-refractivity contribution in [3.63, 3.8) is 0 Å². The molecule has 3 rings (SSSR count). The van der Waals surface area contributed by atoms with Gasteiger partial charge in [0, 0.05) is 6.20 Å². The molecule has 28 heavy (non-hydrogen) atoms. The average molecular weight is 406 g/mol. The number of nitrogens with zero attached hydrogens (tertiary/aromatic N) is 4. The van der Waals surface area contributed by atoms with Crippen molar-refractivity contribution >= 4 is 25.2 Å². The number of hydrogen-bond donors (Lipinski definition) is 3. The summed E-state index contributed by atoms with van der Waals surface area (Å²) in [6.45, 7) is 10.8. The molecule has 1 saturated heterocycles. The lowest BCUT2D eigenvalue weighted by atomic mass is 10.1. The fourth-order valence-electron chi connectivity index (χ4n) is 2.99. The van der Waals surface area contributed by atoms with Gasteiger partial charge < -0.3 is 29.7 Å². The van der Waals surface area contributed by atoms with E-state index in [1.54, 1.807) is 0 Å². The SMILES string of the molecule is CC(C)(C)[Si](C)(C)OC[C@H]1O[C@@H](n2cc(C#N)c3c(N)ncnc32)[C@@H](O)[C@@H]1O. The molecule has 0 aliphatic carbocycles. The molecule has 3 heterocycles. The van der Waals surface area contributed by atoms with Crippen molar-refractivity contribution in [3.05, 3.63) is 18.1 Å². The van der Waals surface area contributed by atoms with E-state index in [4.69, 9.17) is 14.9 Å². The predicted octanol–water partition coefficient (Wildman–Crippen LogP) is 1.53. The highest BCUT2D eigenvalue weighted by Gasteiger charge is 2.46. The molecule has 0 aromatic carbocycles. The number of fused-ring (bicyclic) bond motifs is 1. The maximum atomic E-state index is 10.6. The topological polar surface area (TPSA) is 139 Å². The zero-order chi connectivity index (χ0) is 20.9. The van der Waals surface area contributed by atoms with Gasteiger partial charge in [-0.05, 0) is 18.1 Å². The van der Waals surface area contributed by atoms with Crippen molar-refractivity contribution in [3.8, 4) is 6.07 Å². The molecule has 0 saturated carbocycles. The number of nitrogen functional groups attached to an aromatic ring is 1. The van der Waals surface area contributed by atoms with Crippen LogP contribution in [0.15, 0.2) is 12.5 Å². The molecule has 10 heteroatoms. The van der Waals surface area contributed by atoms with Crippen LogP contribution in [0.3, 0.4) is 0 Å². The van der Waals surface area contributed by atoms with E-state index in [2.05, 4.69) is 49.9 Å². The second kappa shape index (κ2) is 7.09. The number of nitriles is 1. The fourth-order valence-corrected chi connectivity index (χ4v) is 4.00. The molecule has 9 nitrogen and oxygen atoms in total. The molecule has 0 unspecified atom stereocenters. The normalized spacial score (nSPS) is 25.9. The zero-order valence-corrected chi connectivity index (χ0v) is 17.7. The second-order valence-corrected chi connectivity index (χ2v) is 13.4. The molecule has 0 radical (unpaired) electrons. The quantitative estimate of drug-likeness (QED) is 0.651. The minimum Gasteiger partial charge on any atom is -0.414 e. The first-order valence-corrected chi connectivity index (χ1v) is 12.1. The Balaban J connectivity index is 1.87. The number of aliphatic hydroxyl groups excluding tert-OH is 2. The van der Waals surface area contributed by atoms with Crippen LogP contribution < -0.4 is 5.73 Å². The molecule has 1 fully saturated rings. The van der Waals surface area contributed by atoms with Crippen LogP contribution in [-0.2, 0) is 9.16 Å². The number of anilines is 1. The summed E-state index contributed by atoms with van der Waals surface area (Å²) in [4.78, 5) is 8.10. The van der Waals surface area contributed by atoms with Gasteiger partial charge in [0.2, 0.25) is 0 Å². The van der Waals surface area contributed by atoms with Gasteiger partial charge in [0.25, 0.3) is 0 Å². The molecule has 2 aromatic heterocycles. The number of aromatic nitrogens is 3. The number of ether oxygens (including phenoxy) is 1. The van der Waals surface area contributed by atoms with E-state index < -0.39 is 32.9 Å². The summed E-state index contributed by atoms with van der Waals surface area (Å²) in [5.74, 6) is 0.172. The first-order valence-electron chi connectivity index (χ1n) is 9.14. The van der Waals surface area contributed by atoms with Crippen LogP contribution in [-0.4, -0.2) is 58.0 Å². The van der Waals surface area contributed by atoms with Gasteiger partial charge in [-0.15, -0.1) is 0 Å². The predicted molar refractivity (Wildman–Crippen MR) is 106 cm³/mol. The Morgan fingerprint density at radius 2 is 2.00 bits per heavy atom. The summed E-state index contributed by atoms with van der Waals surface area (Å²) in [5.41, 5.74) is 6.53. The fraction of sp³-hybridized carbons (Fsp3) is 0.611. The third-order valence-electron chi connectivity index (χ3n) is 5.79. The lowest BCUT2D eigenvalue weighted by Crippen LogP contribution is -2.44. The van der Waals surface area contributed by atoms with Crippen molar-refractivity contribution < 1.29 is 19.4 Å². The highest BCUT2D eigenvalue weighted by atomic mass is 28.4. The molecular formula is C18H27N5O4Si. The molecule has 0 spiro atoms. The van der Waals surface area contributed by atoms with Gasteiger partial charge >= 0.3 is 0 Å². The van der Waals surface area contributed by atoms with E-state index in [0.717, 1.165) is 0 Å². The lowest BCUT2D eigenvalue weighted by Gasteiger charge is -2.37. The summed E-state index contributed by atoms with van der Waals surface area (Å²) in [5, 5.41) is 30.9. The molecule has 152 valence electrons. The highest BCUT2D eigenvalue weighted by Crippen LogP contribution is 2.38. The van der Waals surface area contributed by atoms with Crippen LogP contribution in [0.5, 0.6) is 0 Å². The van der Waals surface area contributed by atoms with E-state index in [-0.39, 0.29) is 23.0 Å². The van der Waals surface area contributed by atoms with Gasteiger partial charge in [-0.2, -0.15) is 5.26 Å². The molecule has 0 bridgehead atoms. The van der Waals surface area contributed by atoms with E-state index in [9.17, 15) is 15.5 Å². The van der Waals surface area contributed by atoms with Crippen molar-refractivity contribution in [1.29, 1.82) is 5.26 Å². The average Bonchev–Trinajstić information content (AvgIpc) is 3.12. The van der Waals surface area contributed by atoms with Crippen LogP contribution in [0, 0.1) is 11.3 Å². The Bertz CT molecular complexity index is 917. The first kappa shape index (κ1) is 20.7. The summed E-state index contributed by atoms with van der Waals surface area (Å²) in [7, 11) is -2.04. The number of nitrogens with two attached hydrogens (primary N) is 1. The highest BCUT2D eigenvalue weighted by molar-refractivity contribution is 6.74. The Labute approximate surface area is 164 Å². The third-order valence-corrected chi connectivity index (χ3v) is 10.3. The van der Waals surface area contributed by atoms with Crippen LogP contribution in [0.2, 0.25) is 18.1 Å². The Morgan fingerprint density at radius 1 is 1.32 bits per heavy atom. The minimum absolute atomic E-state index is 0.0152. The summed E-state index contributed by atoms with van der Waals surface area (Å²) in [6.07, 6.45) is -1.15. The van der Waals surface area contributed by atoms with E-state index >= 15 is 0 Å². The summed E-state index contributed by atoms with van der Waals surface area (Å²) in [6, 6.07) is 2.05. The van der Waals surface area contributed by atoms with E-state index in [0.29, 0.717) is 11.0 Å². The Hall–Kier alpha value is -2.03. The molecule has 4 N–H and O–H groups in total. The van der Waals surface area contributed by atoms with Crippen molar-refractivity contribution in [2.45, 2.75) is 63.4 Å². The lowest BCUT2D eigenvalue weighted by molar-refractivity contribution is -0.0488. The monoisotopic (exact) mass is 405 g/mol. The Kier molecular flexibility index (Phi) is 5.24. The maximum Gasteiger partial charge on any atom is 0.192 e. The second-order valence-electron chi connectivity index (χ2n) is 8.64. The maximum absolute atomic E-state index is 10.6. The molecule has 4 atom stereocenters.